The molecule has 24 heavy (non-hydrogen) atoms. The van der Waals surface area contributed by atoms with Crippen LogP contribution in [0.2, 0.25) is 0 Å². The summed E-state index contributed by atoms with van der Waals surface area (Å²) in [6, 6.07) is 0. The Kier molecular flexibility index (Phi) is 4.41. The van der Waals surface area contributed by atoms with Crippen LogP contribution in [0.5, 0.6) is 0 Å². The van der Waals surface area contributed by atoms with Crippen molar-refractivity contribution in [2.75, 3.05) is 0 Å². The molecule has 2 fully saturated rings. The Morgan fingerprint density at radius 3 is 1.88 bits per heavy atom. The topological polar surface area (TPSA) is 0 Å². The number of allylic oxidation sites excluding steroid dienone is 9. The highest BCUT2D eigenvalue weighted by molar-refractivity contribution is 5.30. The van der Waals surface area contributed by atoms with E-state index >= 15 is 0 Å². The lowest BCUT2D eigenvalue weighted by Crippen LogP contribution is -2.40. The first-order chi connectivity index (χ1) is 11.8. The minimum absolute atomic E-state index is 0.443. The van der Waals surface area contributed by atoms with Gasteiger partial charge in [-0.3, -0.25) is 0 Å². The van der Waals surface area contributed by atoms with Crippen molar-refractivity contribution in [2.45, 2.75) is 45.4 Å². The first-order valence-electron chi connectivity index (χ1n) is 10.1. The minimum Gasteiger partial charge on any atom is -0.103 e. The second-order valence-electron chi connectivity index (χ2n) is 8.69. The summed E-state index contributed by atoms with van der Waals surface area (Å²) < 4.78 is 0. The van der Waals surface area contributed by atoms with Gasteiger partial charge in [-0.2, -0.15) is 0 Å². The van der Waals surface area contributed by atoms with Gasteiger partial charge in [0.15, 0.2) is 0 Å². The van der Waals surface area contributed by atoms with Gasteiger partial charge in [0.05, 0.1) is 0 Å². The SMILES string of the molecule is C=CCC[C@](C)(C1CCCC1)C1C2C=CC=CC2C2C=CC=CC21. The van der Waals surface area contributed by atoms with Gasteiger partial charge in [0.1, 0.15) is 0 Å². The average Bonchev–Trinajstić information content (AvgIpc) is 3.26. The molecule has 0 saturated heterocycles. The molecule has 0 aromatic heterocycles. The molecule has 0 amide bonds. The standard InChI is InChI=1S/C24H32/c1-3-4-17-24(2,18-11-5-6-12-18)23-21-15-9-7-13-19(21)20-14-8-10-16-22(20)23/h3,7-10,13-16,18-23H,1,4-6,11-12,17H2,2H3/t19?,20?,21?,22?,23?,24-/m1/s1. The van der Waals surface area contributed by atoms with E-state index < -0.39 is 0 Å². The van der Waals surface area contributed by atoms with Gasteiger partial charge in [-0.25, -0.2) is 0 Å². The fraction of sp³-hybridized carbons (Fsp3) is 0.583. The fourth-order valence-corrected chi connectivity index (χ4v) is 6.55. The summed E-state index contributed by atoms with van der Waals surface area (Å²) in [4.78, 5) is 0. The summed E-state index contributed by atoms with van der Waals surface area (Å²) in [6.45, 7) is 6.66. The molecule has 0 bridgehead atoms. The Bertz CT molecular complexity index is 549. The Balaban J connectivity index is 1.73. The molecule has 0 nitrogen and oxygen atoms in total. The van der Waals surface area contributed by atoms with Crippen LogP contribution in [0.1, 0.15) is 45.4 Å². The molecule has 4 unspecified atom stereocenters. The van der Waals surface area contributed by atoms with Crippen molar-refractivity contribution in [1.82, 2.24) is 0 Å². The molecule has 128 valence electrons. The molecule has 0 aliphatic heterocycles. The van der Waals surface area contributed by atoms with E-state index in [0.29, 0.717) is 29.1 Å². The van der Waals surface area contributed by atoms with Crippen molar-refractivity contribution in [3.63, 3.8) is 0 Å². The minimum atomic E-state index is 0.443. The highest BCUT2D eigenvalue weighted by Crippen LogP contribution is 2.62. The summed E-state index contributed by atoms with van der Waals surface area (Å²) in [5.41, 5.74) is 0.443. The number of fused-ring (bicyclic) bond motifs is 3. The van der Waals surface area contributed by atoms with Crippen molar-refractivity contribution in [3.05, 3.63) is 61.3 Å². The van der Waals surface area contributed by atoms with Crippen LogP contribution in [-0.2, 0) is 0 Å². The zero-order valence-corrected chi connectivity index (χ0v) is 15.1. The molecule has 0 radical (unpaired) electrons. The van der Waals surface area contributed by atoms with Crippen LogP contribution in [0.25, 0.3) is 0 Å². The summed E-state index contributed by atoms with van der Waals surface area (Å²) in [7, 11) is 0. The summed E-state index contributed by atoms with van der Waals surface area (Å²) in [6.07, 6.45) is 29.6. The smallest absolute Gasteiger partial charge is 0.00954 e. The molecule has 0 aromatic carbocycles. The molecule has 4 aliphatic rings. The van der Waals surface area contributed by atoms with Gasteiger partial charge in [0.25, 0.3) is 0 Å². The van der Waals surface area contributed by atoms with E-state index in [-0.39, 0.29) is 0 Å². The number of rotatable bonds is 5. The van der Waals surface area contributed by atoms with E-state index in [9.17, 15) is 0 Å². The maximum atomic E-state index is 4.03. The third-order valence-electron chi connectivity index (χ3n) is 7.65. The van der Waals surface area contributed by atoms with Crippen LogP contribution in [0.15, 0.2) is 61.3 Å². The third kappa shape index (κ3) is 2.50. The fourth-order valence-electron chi connectivity index (χ4n) is 6.55. The van der Waals surface area contributed by atoms with E-state index in [2.05, 4.69) is 68.2 Å². The van der Waals surface area contributed by atoms with Crippen molar-refractivity contribution in [3.8, 4) is 0 Å². The zero-order chi connectivity index (χ0) is 16.6. The molecule has 4 rings (SSSR count). The normalized spacial score (nSPS) is 39.6. The molecule has 5 atom stereocenters. The number of hydrogen-bond acceptors (Lipinski definition) is 0. The summed E-state index contributed by atoms with van der Waals surface area (Å²) in [5, 5.41) is 0. The van der Waals surface area contributed by atoms with E-state index in [1.807, 2.05) is 0 Å². The maximum absolute atomic E-state index is 4.03. The quantitative estimate of drug-likeness (QED) is 0.507. The maximum Gasteiger partial charge on any atom is -0.00954 e. The first kappa shape index (κ1) is 16.2. The van der Waals surface area contributed by atoms with Gasteiger partial charge in [-0.15, -0.1) is 6.58 Å². The van der Waals surface area contributed by atoms with Crippen LogP contribution in [0.4, 0.5) is 0 Å². The predicted molar refractivity (Wildman–Crippen MR) is 104 cm³/mol. The van der Waals surface area contributed by atoms with Crippen LogP contribution < -0.4 is 0 Å². The molecule has 0 N–H and O–H groups in total. The lowest BCUT2D eigenvalue weighted by atomic mass is 9.58. The highest BCUT2D eigenvalue weighted by atomic mass is 14.6. The summed E-state index contributed by atoms with van der Waals surface area (Å²) >= 11 is 0. The van der Waals surface area contributed by atoms with Crippen LogP contribution in [0.3, 0.4) is 0 Å². The molecular weight excluding hydrogens is 288 g/mol. The monoisotopic (exact) mass is 320 g/mol. The Morgan fingerprint density at radius 2 is 1.38 bits per heavy atom. The van der Waals surface area contributed by atoms with Crippen LogP contribution in [0, 0.1) is 40.9 Å². The van der Waals surface area contributed by atoms with E-state index in [1.165, 1.54) is 32.1 Å². The lowest BCUT2D eigenvalue weighted by Gasteiger charge is -2.46. The van der Waals surface area contributed by atoms with Crippen molar-refractivity contribution in [1.29, 1.82) is 0 Å². The predicted octanol–water partition coefficient (Wildman–Crippen LogP) is 6.50. The average molecular weight is 321 g/mol. The second-order valence-corrected chi connectivity index (χ2v) is 8.69. The molecule has 0 spiro atoms. The van der Waals surface area contributed by atoms with Crippen molar-refractivity contribution < 1.29 is 0 Å². The molecule has 0 heteroatoms. The van der Waals surface area contributed by atoms with Gasteiger partial charge >= 0.3 is 0 Å². The van der Waals surface area contributed by atoms with Crippen molar-refractivity contribution >= 4 is 0 Å². The Hall–Kier alpha value is -1.30. The van der Waals surface area contributed by atoms with E-state index in [4.69, 9.17) is 0 Å². The second kappa shape index (κ2) is 6.54. The number of hydrogen-bond donors (Lipinski definition) is 0. The largest absolute Gasteiger partial charge is 0.103 e. The van der Waals surface area contributed by atoms with Gasteiger partial charge in [-0.05, 0) is 66.6 Å². The summed E-state index contributed by atoms with van der Waals surface area (Å²) in [5.74, 6) is 4.52. The van der Waals surface area contributed by atoms with E-state index in [0.717, 1.165) is 18.3 Å². The Morgan fingerprint density at radius 1 is 0.875 bits per heavy atom. The van der Waals surface area contributed by atoms with Crippen LogP contribution >= 0.6 is 0 Å². The zero-order valence-electron chi connectivity index (χ0n) is 15.1. The van der Waals surface area contributed by atoms with Gasteiger partial charge < -0.3 is 0 Å². The van der Waals surface area contributed by atoms with Crippen molar-refractivity contribution in [2.24, 2.45) is 40.9 Å². The first-order valence-corrected chi connectivity index (χ1v) is 10.1. The molecule has 0 aromatic rings. The molecule has 4 aliphatic carbocycles. The van der Waals surface area contributed by atoms with Crippen LogP contribution in [-0.4, -0.2) is 0 Å². The van der Waals surface area contributed by atoms with Gasteiger partial charge in [0.2, 0.25) is 0 Å². The third-order valence-corrected chi connectivity index (χ3v) is 7.65. The Labute approximate surface area is 148 Å². The highest BCUT2D eigenvalue weighted by Gasteiger charge is 2.55. The lowest BCUT2D eigenvalue weighted by molar-refractivity contribution is 0.0459. The molecule has 0 heterocycles. The van der Waals surface area contributed by atoms with Gasteiger partial charge in [-0.1, -0.05) is 74.4 Å². The molecule has 2 saturated carbocycles. The van der Waals surface area contributed by atoms with Gasteiger partial charge in [0, 0.05) is 0 Å². The molecular formula is C24H32. The van der Waals surface area contributed by atoms with E-state index in [1.54, 1.807) is 0 Å².